The number of likely N-dealkylation sites (N-methyl/N-ethyl adjacent to an activating group) is 1. The lowest BCUT2D eigenvalue weighted by Crippen LogP contribution is -2.32. The second kappa shape index (κ2) is 11.5. The van der Waals surface area contributed by atoms with E-state index in [1.54, 1.807) is 0 Å². The molecule has 0 saturated heterocycles. The predicted octanol–water partition coefficient (Wildman–Crippen LogP) is 6.56. The maximum absolute atomic E-state index is 13.9. The van der Waals surface area contributed by atoms with Crippen LogP contribution >= 0.6 is 0 Å². The average molecular weight is 428 g/mol. The third-order valence-electron chi connectivity index (χ3n) is 6.24. The maximum Gasteiger partial charge on any atom is 0.129 e. The molecular formula is C27H35F2NO. The number of halogens is 2. The van der Waals surface area contributed by atoms with E-state index in [2.05, 4.69) is 56.1 Å². The Morgan fingerprint density at radius 2 is 1.71 bits per heavy atom. The fraction of sp³-hybridized carbons (Fsp3) is 0.481. The molecule has 4 heteroatoms. The molecule has 2 aromatic rings. The Kier molecular flexibility index (Phi) is 8.79. The minimum atomic E-state index is -0.479. The molecule has 1 aliphatic rings. The van der Waals surface area contributed by atoms with Crippen LogP contribution in [0.25, 0.3) is 0 Å². The van der Waals surface area contributed by atoms with E-state index in [4.69, 9.17) is 4.74 Å². The first-order valence-electron chi connectivity index (χ1n) is 11.4. The maximum atomic E-state index is 13.9. The zero-order valence-corrected chi connectivity index (χ0v) is 19.0. The first-order chi connectivity index (χ1) is 15.0. The number of aryl methyl sites for hydroxylation is 2. The highest BCUT2D eigenvalue weighted by atomic mass is 19.1. The van der Waals surface area contributed by atoms with E-state index in [0.29, 0.717) is 25.4 Å². The number of rotatable bonds is 10. The van der Waals surface area contributed by atoms with Crippen molar-refractivity contribution in [3.05, 3.63) is 82.4 Å². The van der Waals surface area contributed by atoms with E-state index < -0.39 is 11.6 Å². The second-order valence-electron chi connectivity index (χ2n) is 8.84. The molecule has 0 amide bonds. The van der Waals surface area contributed by atoms with Gasteiger partial charge >= 0.3 is 0 Å². The number of allylic oxidation sites excluding steroid dienone is 2. The average Bonchev–Trinajstić information content (AvgIpc) is 2.73. The summed E-state index contributed by atoms with van der Waals surface area (Å²) in [5.74, 6) is -0.266. The van der Waals surface area contributed by atoms with E-state index in [1.165, 1.54) is 47.7 Å². The van der Waals surface area contributed by atoms with Crippen LogP contribution in [0.4, 0.5) is 8.78 Å². The Morgan fingerprint density at radius 3 is 2.35 bits per heavy atom. The monoisotopic (exact) mass is 427 g/mol. The minimum Gasteiger partial charge on any atom is -0.372 e. The molecule has 2 nitrogen and oxygen atoms in total. The summed E-state index contributed by atoms with van der Waals surface area (Å²) in [5.41, 5.74) is 3.82. The van der Waals surface area contributed by atoms with Gasteiger partial charge in [-0.3, -0.25) is 0 Å². The van der Waals surface area contributed by atoms with Crippen molar-refractivity contribution in [1.82, 2.24) is 4.90 Å². The molecule has 0 aromatic heterocycles. The molecule has 2 unspecified atom stereocenters. The van der Waals surface area contributed by atoms with Gasteiger partial charge in [-0.2, -0.15) is 0 Å². The standard InChI is InChI=1S/C27H35F2NO/c1-20-10-7-11-21(2)27(20)26(19-30(3)18-22-12-5-4-6-13-22)31-17-9-14-23-24(28)15-8-16-25(23)29/h4-5,7-8,10-11,15-16,22,26H,6,9,12-14,17-19H2,1-3H3. The third-order valence-corrected chi connectivity index (χ3v) is 6.24. The summed E-state index contributed by atoms with van der Waals surface area (Å²) in [6.45, 7) is 6.57. The highest BCUT2D eigenvalue weighted by Crippen LogP contribution is 2.27. The van der Waals surface area contributed by atoms with Crippen molar-refractivity contribution in [2.45, 2.75) is 52.1 Å². The van der Waals surface area contributed by atoms with Gasteiger partial charge in [-0.1, -0.05) is 36.4 Å². The molecular weight excluding hydrogens is 392 g/mol. The van der Waals surface area contributed by atoms with E-state index in [-0.39, 0.29) is 11.7 Å². The van der Waals surface area contributed by atoms with Crippen LogP contribution in [0, 0.1) is 31.4 Å². The summed E-state index contributed by atoms with van der Waals surface area (Å²) < 4.78 is 34.2. The molecule has 0 fully saturated rings. The summed E-state index contributed by atoms with van der Waals surface area (Å²) >= 11 is 0. The lowest BCUT2D eigenvalue weighted by atomic mass is 9.93. The molecule has 0 spiro atoms. The van der Waals surface area contributed by atoms with Gasteiger partial charge in [0.15, 0.2) is 0 Å². The smallest absolute Gasteiger partial charge is 0.129 e. The highest BCUT2D eigenvalue weighted by molar-refractivity contribution is 5.35. The molecule has 0 aliphatic heterocycles. The molecule has 168 valence electrons. The molecule has 0 heterocycles. The van der Waals surface area contributed by atoms with E-state index in [0.717, 1.165) is 19.5 Å². The molecule has 3 rings (SSSR count). The van der Waals surface area contributed by atoms with Gasteiger partial charge in [-0.25, -0.2) is 8.78 Å². The fourth-order valence-electron chi connectivity index (χ4n) is 4.63. The Morgan fingerprint density at radius 1 is 1.03 bits per heavy atom. The number of nitrogens with zero attached hydrogens (tertiary/aromatic N) is 1. The van der Waals surface area contributed by atoms with Crippen molar-refractivity contribution < 1.29 is 13.5 Å². The zero-order chi connectivity index (χ0) is 22.2. The molecule has 1 aliphatic carbocycles. The number of hydrogen-bond acceptors (Lipinski definition) is 2. The van der Waals surface area contributed by atoms with Crippen molar-refractivity contribution >= 4 is 0 Å². The largest absolute Gasteiger partial charge is 0.372 e. The summed E-state index contributed by atoms with van der Waals surface area (Å²) in [7, 11) is 2.16. The van der Waals surface area contributed by atoms with Crippen LogP contribution in [-0.2, 0) is 11.2 Å². The molecule has 0 N–H and O–H groups in total. The van der Waals surface area contributed by atoms with Crippen molar-refractivity contribution in [3.63, 3.8) is 0 Å². The molecule has 2 atom stereocenters. The Bertz CT molecular complexity index is 839. The quantitative estimate of drug-likeness (QED) is 0.314. The van der Waals surface area contributed by atoms with Crippen molar-refractivity contribution in [2.24, 2.45) is 5.92 Å². The normalized spacial score (nSPS) is 17.3. The Labute approximate surface area is 185 Å². The van der Waals surface area contributed by atoms with Crippen LogP contribution in [0.1, 0.15) is 54.0 Å². The SMILES string of the molecule is Cc1cccc(C)c1C(CN(C)CC1CC=CCC1)OCCCc1c(F)cccc1F. The highest BCUT2D eigenvalue weighted by Gasteiger charge is 2.21. The lowest BCUT2D eigenvalue weighted by molar-refractivity contribution is 0.0251. The van der Waals surface area contributed by atoms with Gasteiger partial charge in [-0.05, 0) is 87.7 Å². The zero-order valence-electron chi connectivity index (χ0n) is 19.0. The van der Waals surface area contributed by atoms with Crippen molar-refractivity contribution in [3.8, 4) is 0 Å². The fourth-order valence-corrected chi connectivity index (χ4v) is 4.63. The van der Waals surface area contributed by atoms with Crippen LogP contribution < -0.4 is 0 Å². The van der Waals surface area contributed by atoms with Crippen molar-refractivity contribution in [1.29, 1.82) is 0 Å². The number of benzene rings is 2. The summed E-state index contributed by atoms with van der Waals surface area (Å²) in [4.78, 5) is 2.37. The van der Waals surface area contributed by atoms with Crippen molar-refractivity contribution in [2.75, 3.05) is 26.7 Å². The van der Waals surface area contributed by atoms with E-state index in [9.17, 15) is 8.78 Å². The molecule has 0 bridgehead atoms. The van der Waals surface area contributed by atoms with Crippen LogP contribution in [0.5, 0.6) is 0 Å². The predicted molar refractivity (Wildman–Crippen MR) is 123 cm³/mol. The van der Waals surface area contributed by atoms with Gasteiger partial charge in [0.1, 0.15) is 11.6 Å². The first kappa shape index (κ1) is 23.6. The lowest BCUT2D eigenvalue weighted by Gasteiger charge is -2.30. The summed E-state index contributed by atoms with van der Waals surface area (Å²) in [6, 6.07) is 10.4. The van der Waals surface area contributed by atoms with Gasteiger partial charge in [-0.15, -0.1) is 0 Å². The summed E-state index contributed by atoms with van der Waals surface area (Å²) in [6.07, 6.45) is 8.98. The molecule has 31 heavy (non-hydrogen) atoms. The number of ether oxygens (including phenoxy) is 1. The molecule has 0 radical (unpaired) electrons. The summed E-state index contributed by atoms with van der Waals surface area (Å²) in [5, 5.41) is 0. The van der Waals surface area contributed by atoms with Gasteiger partial charge < -0.3 is 9.64 Å². The number of hydrogen-bond donors (Lipinski definition) is 0. The van der Waals surface area contributed by atoms with Crippen LogP contribution in [-0.4, -0.2) is 31.6 Å². The van der Waals surface area contributed by atoms with Crippen LogP contribution in [0.15, 0.2) is 48.6 Å². The van der Waals surface area contributed by atoms with Gasteiger partial charge in [0.25, 0.3) is 0 Å². The molecule has 2 aromatic carbocycles. The Hall–Kier alpha value is -2.04. The third kappa shape index (κ3) is 6.72. The molecule has 0 saturated carbocycles. The van der Waals surface area contributed by atoms with Gasteiger partial charge in [0, 0.05) is 25.3 Å². The van der Waals surface area contributed by atoms with Gasteiger partial charge in [0.05, 0.1) is 6.10 Å². The second-order valence-corrected chi connectivity index (χ2v) is 8.84. The van der Waals surface area contributed by atoms with E-state index in [1.807, 2.05) is 0 Å². The topological polar surface area (TPSA) is 12.5 Å². The van der Waals surface area contributed by atoms with E-state index >= 15 is 0 Å². The van der Waals surface area contributed by atoms with Crippen LogP contribution in [0.2, 0.25) is 0 Å². The Balaban J connectivity index is 1.63. The first-order valence-corrected chi connectivity index (χ1v) is 11.4. The minimum absolute atomic E-state index is 0.0594. The van der Waals surface area contributed by atoms with Crippen LogP contribution in [0.3, 0.4) is 0 Å². The van der Waals surface area contributed by atoms with Gasteiger partial charge in [0.2, 0.25) is 0 Å².